The first kappa shape index (κ1) is 25.5. The molecule has 8 nitrogen and oxygen atoms in total. The fourth-order valence-corrected chi connectivity index (χ4v) is 8.75. The van der Waals surface area contributed by atoms with Crippen LogP contribution in [0.25, 0.3) is 0 Å². The molecule has 1 amide bonds. The maximum atomic E-state index is 13.0. The summed E-state index contributed by atoms with van der Waals surface area (Å²) in [6.45, 7) is 3.35. The number of amides is 1. The lowest BCUT2D eigenvalue weighted by Crippen LogP contribution is -2.56. The van der Waals surface area contributed by atoms with E-state index < -0.39 is 15.9 Å². The number of sulfonamides is 1. The molecule has 1 atom stereocenters. The molecule has 6 rings (SSSR count). The number of anilines is 1. The lowest BCUT2D eigenvalue weighted by atomic mass is 9.48. The van der Waals surface area contributed by atoms with Crippen molar-refractivity contribution in [2.45, 2.75) is 56.4 Å². The summed E-state index contributed by atoms with van der Waals surface area (Å²) in [5.41, 5.74) is 0.356. The van der Waals surface area contributed by atoms with Gasteiger partial charge in [-0.25, -0.2) is 8.42 Å². The molecule has 10 heteroatoms. The molecule has 1 heterocycles. The number of nitriles is 1. The Morgan fingerprint density at radius 1 is 1.19 bits per heavy atom. The third-order valence-electron chi connectivity index (χ3n) is 8.63. The van der Waals surface area contributed by atoms with Crippen molar-refractivity contribution in [1.29, 1.82) is 5.26 Å². The molecule has 1 aromatic carbocycles. The van der Waals surface area contributed by atoms with Gasteiger partial charge >= 0.3 is 0 Å². The van der Waals surface area contributed by atoms with Gasteiger partial charge in [-0.05, 0) is 86.8 Å². The van der Waals surface area contributed by atoms with Gasteiger partial charge in [0, 0.05) is 25.3 Å². The highest BCUT2D eigenvalue weighted by Crippen LogP contribution is 2.61. The average molecular weight is 533 g/mol. The van der Waals surface area contributed by atoms with E-state index >= 15 is 0 Å². The lowest BCUT2D eigenvalue weighted by Gasteiger charge is -2.59. The minimum absolute atomic E-state index is 0.0132. The molecule has 0 spiro atoms. The highest BCUT2D eigenvalue weighted by molar-refractivity contribution is 7.89. The van der Waals surface area contributed by atoms with Crippen LogP contribution in [0.15, 0.2) is 34.9 Å². The van der Waals surface area contributed by atoms with Gasteiger partial charge in [-0.3, -0.25) is 4.79 Å². The topological polar surface area (TPSA) is 112 Å². The standard InChI is InChI=1S/C26H33ClN4O4S/c1-17(26-12-18-8-19(13-26)10-20(9-18)14-26)30-25(32)21(15-28)16-29-24-11-22(2-3-23(24)27)36(33,34)31-4-6-35-7-5-31/h2-3,11,16-20,29H,4-10,12-14H2,1H3,(H,30,32)/b21-16-. The highest BCUT2D eigenvalue weighted by Gasteiger charge is 2.53. The zero-order valence-electron chi connectivity index (χ0n) is 20.5. The number of benzene rings is 1. The number of carbonyl (C=O) groups is 1. The van der Waals surface area contributed by atoms with Gasteiger partial charge in [0.1, 0.15) is 11.6 Å². The van der Waals surface area contributed by atoms with E-state index in [0.29, 0.717) is 18.9 Å². The normalized spacial score (nSPS) is 31.0. The van der Waals surface area contributed by atoms with E-state index in [-0.39, 0.29) is 40.0 Å². The van der Waals surface area contributed by atoms with E-state index in [1.54, 1.807) is 0 Å². The monoisotopic (exact) mass is 532 g/mol. The molecule has 4 saturated carbocycles. The quantitative estimate of drug-likeness (QED) is 0.407. The van der Waals surface area contributed by atoms with E-state index in [4.69, 9.17) is 16.3 Å². The predicted molar refractivity (Wildman–Crippen MR) is 137 cm³/mol. The summed E-state index contributed by atoms with van der Waals surface area (Å²) in [6.07, 6.45) is 8.75. The first-order valence-corrected chi connectivity index (χ1v) is 14.6. The number of nitrogens with zero attached hydrogens (tertiary/aromatic N) is 2. The predicted octanol–water partition coefficient (Wildman–Crippen LogP) is 3.90. The summed E-state index contributed by atoms with van der Waals surface area (Å²) in [7, 11) is -3.71. The number of rotatable bonds is 7. The van der Waals surface area contributed by atoms with Crippen LogP contribution in [0.3, 0.4) is 0 Å². The molecule has 0 radical (unpaired) electrons. The van der Waals surface area contributed by atoms with Crippen molar-refractivity contribution < 1.29 is 17.9 Å². The van der Waals surface area contributed by atoms with Crippen molar-refractivity contribution in [1.82, 2.24) is 9.62 Å². The Bertz CT molecular complexity index is 1170. The number of hydrogen-bond donors (Lipinski definition) is 2. The van der Waals surface area contributed by atoms with Gasteiger partial charge in [0.25, 0.3) is 5.91 Å². The van der Waals surface area contributed by atoms with E-state index in [1.165, 1.54) is 48.0 Å². The number of hydrogen-bond acceptors (Lipinski definition) is 6. The molecule has 5 aliphatic rings. The first-order valence-electron chi connectivity index (χ1n) is 12.8. The molecular weight excluding hydrogens is 500 g/mol. The molecule has 5 fully saturated rings. The minimum Gasteiger partial charge on any atom is -0.379 e. The molecule has 1 saturated heterocycles. The molecule has 1 aromatic rings. The third-order valence-corrected chi connectivity index (χ3v) is 10.9. The van der Waals surface area contributed by atoms with Crippen LogP contribution in [0.1, 0.15) is 45.4 Å². The average Bonchev–Trinajstić information content (AvgIpc) is 2.85. The maximum Gasteiger partial charge on any atom is 0.263 e. The van der Waals surface area contributed by atoms with E-state index in [2.05, 4.69) is 17.6 Å². The summed E-state index contributed by atoms with van der Waals surface area (Å²) in [5.74, 6) is 1.88. The van der Waals surface area contributed by atoms with Crippen molar-refractivity contribution in [2.75, 3.05) is 31.6 Å². The minimum atomic E-state index is -3.71. The van der Waals surface area contributed by atoms with Crippen LogP contribution in [-0.2, 0) is 19.6 Å². The van der Waals surface area contributed by atoms with Gasteiger partial charge in [-0.1, -0.05) is 11.6 Å². The Labute approximate surface area is 218 Å². The van der Waals surface area contributed by atoms with Gasteiger partial charge < -0.3 is 15.4 Å². The summed E-state index contributed by atoms with van der Waals surface area (Å²) < 4.78 is 32.6. The molecule has 0 aromatic heterocycles. The zero-order valence-corrected chi connectivity index (χ0v) is 22.1. The Morgan fingerprint density at radius 3 is 2.39 bits per heavy atom. The fourth-order valence-electron chi connectivity index (χ4n) is 7.15. The largest absolute Gasteiger partial charge is 0.379 e. The van der Waals surface area contributed by atoms with Crippen LogP contribution in [0.2, 0.25) is 5.02 Å². The fraction of sp³-hybridized carbons (Fsp3) is 0.615. The molecule has 2 N–H and O–H groups in total. The van der Waals surface area contributed by atoms with Gasteiger partial charge in [-0.15, -0.1) is 0 Å². The van der Waals surface area contributed by atoms with Gasteiger partial charge in [-0.2, -0.15) is 9.57 Å². The molecular formula is C26H33ClN4O4S. The molecule has 1 unspecified atom stereocenters. The summed E-state index contributed by atoms with van der Waals surface area (Å²) >= 11 is 6.30. The van der Waals surface area contributed by atoms with Crippen LogP contribution in [0, 0.1) is 34.5 Å². The van der Waals surface area contributed by atoms with Gasteiger partial charge in [0.05, 0.1) is 28.8 Å². The van der Waals surface area contributed by atoms with E-state index in [1.807, 2.05) is 6.07 Å². The van der Waals surface area contributed by atoms with E-state index in [9.17, 15) is 18.5 Å². The smallest absolute Gasteiger partial charge is 0.263 e. The Hall–Kier alpha value is -2.12. The third kappa shape index (κ3) is 4.89. The van der Waals surface area contributed by atoms with Crippen molar-refractivity contribution in [3.8, 4) is 6.07 Å². The number of nitrogens with one attached hydrogen (secondary N) is 2. The lowest BCUT2D eigenvalue weighted by molar-refractivity contribution is -0.122. The maximum absolute atomic E-state index is 13.0. The van der Waals surface area contributed by atoms with Crippen LogP contribution in [-0.4, -0.2) is 51.0 Å². The first-order chi connectivity index (χ1) is 17.2. The Morgan fingerprint density at radius 2 is 1.81 bits per heavy atom. The summed E-state index contributed by atoms with van der Waals surface area (Å²) in [5, 5.41) is 15.9. The Kier molecular flexibility index (Phi) is 7.07. The summed E-state index contributed by atoms with van der Waals surface area (Å²) in [6, 6.07) is 6.33. The second-order valence-corrected chi connectivity index (χ2v) is 13.3. The zero-order chi connectivity index (χ0) is 25.5. The highest BCUT2D eigenvalue weighted by atomic mass is 35.5. The molecule has 1 aliphatic heterocycles. The van der Waals surface area contributed by atoms with Crippen LogP contribution >= 0.6 is 11.6 Å². The summed E-state index contributed by atoms with van der Waals surface area (Å²) in [4.78, 5) is 13.1. The number of ether oxygens (including phenoxy) is 1. The van der Waals surface area contributed by atoms with Gasteiger partial charge in [0.2, 0.25) is 10.0 Å². The molecule has 36 heavy (non-hydrogen) atoms. The second-order valence-electron chi connectivity index (χ2n) is 10.9. The van der Waals surface area contributed by atoms with Crippen molar-refractivity contribution in [3.05, 3.63) is 35.0 Å². The van der Waals surface area contributed by atoms with Gasteiger partial charge in [0.15, 0.2) is 0 Å². The van der Waals surface area contributed by atoms with Crippen LogP contribution in [0.5, 0.6) is 0 Å². The molecule has 4 bridgehead atoms. The number of halogens is 1. The van der Waals surface area contributed by atoms with E-state index in [0.717, 1.165) is 37.0 Å². The second kappa shape index (κ2) is 9.97. The van der Waals surface area contributed by atoms with Crippen molar-refractivity contribution in [2.24, 2.45) is 23.2 Å². The molecule has 4 aliphatic carbocycles. The van der Waals surface area contributed by atoms with Crippen LogP contribution < -0.4 is 10.6 Å². The number of carbonyl (C=O) groups excluding carboxylic acids is 1. The van der Waals surface area contributed by atoms with Crippen molar-refractivity contribution >= 4 is 33.2 Å². The van der Waals surface area contributed by atoms with Crippen molar-refractivity contribution in [3.63, 3.8) is 0 Å². The van der Waals surface area contributed by atoms with Crippen LogP contribution in [0.4, 0.5) is 5.69 Å². The SMILES string of the molecule is CC(NC(=O)/C(C#N)=C\Nc1cc(S(=O)(=O)N2CCOCC2)ccc1Cl)C12CC3CC(CC(C3)C1)C2. The number of morpholine rings is 1. The molecule has 194 valence electrons. The Balaban J connectivity index is 1.28.